The molecule has 0 radical (unpaired) electrons. The summed E-state index contributed by atoms with van der Waals surface area (Å²) in [5.74, 6) is -3.27. The molecule has 4 aromatic rings. The Morgan fingerprint density at radius 2 is 1.34 bits per heavy atom. The van der Waals surface area contributed by atoms with E-state index >= 15 is 0 Å². The summed E-state index contributed by atoms with van der Waals surface area (Å²) in [6, 6.07) is 10.0. The van der Waals surface area contributed by atoms with Crippen molar-refractivity contribution in [1.29, 1.82) is 0 Å². The quantitative estimate of drug-likeness (QED) is 0.0619. The number of benzene rings is 3. The summed E-state index contributed by atoms with van der Waals surface area (Å²) in [6.45, 7) is -1.43. The molecule has 3 heterocycles. The molecule has 0 spiro atoms. The average Bonchev–Trinajstić information content (AvgIpc) is 3.21. The fraction of sp³-hybridized carbons (Fsp3) is 0.368. The third-order valence-corrected chi connectivity index (χ3v) is 9.34. The molecule has 0 amide bonds. The van der Waals surface area contributed by atoms with E-state index in [1.807, 2.05) is 0 Å². The van der Waals surface area contributed by atoms with Gasteiger partial charge in [-0.1, -0.05) is 0 Å². The first kappa shape index (κ1) is 41.9. The van der Waals surface area contributed by atoms with Gasteiger partial charge in [-0.25, -0.2) is 4.79 Å². The number of phenols is 3. The van der Waals surface area contributed by atoms with Gasteiger partial charge in [0.2, 0.25) is 29.5 Å². The van der Waals surface area contributed by atoms with Gasteiger partial charge >= 0.3 is 5.97 Å². The molecule has 3 aromatic carbocycles. The van der Waals surface area contributed by atoms with Crippen LogP contribution in [0.2, 0.25) is 0 Å². The minimum absolute atomic E-state index is 0.0690. The third kappa shape index (κ3) is 8.45. The van der Waals surface area contributed by atoms with E-state index in [4.69, 9.17) is 37.6 Å². The maximum absolute atomic E-state index is 14.1. The summed E-state index contributed by atoms with van der Waals surface area (Å²) in [4.78, 5) is 26.7. The third-order valence-electron chi connectivity index (χ3n) is 9.34. The van der Waals surface area contributed by atoms with E-state index in [0.29, 0.717) is 5.56 Å². The molecule has 0 aliphatic carbocycles. The summed E-state index contributed by atoms with van der Waals surface area (Å²) in [6.07, 6.45) is -15.2. The van der Waals surface area contributed by atoms with Gasteiger partial charge < -0.3 is 88.6 Å². The number of rotatable bonds is 12. The average molecular weight is 817 g/mol. The highest BCUT2D eigenvalue weighted by Gasteiger charge is 2.47. The molecule has 10 N–H and O–H groups in total. The second-order valence-electron chi connectivity index (χ2n) is 13.1. The first-order valence-corrected chi connectivity index (χ1v) is 17.4. The fourth-order valence-electron chi connectivity index (χ4n) is 6.19. The van der Waals surface area contributed by atoms with E-state index in [1.54, 1.807) is 0 Å². The molecule has 0 bridgehead atoms. The first-order valence-electron chi connectivity index (χ1n) is 17.4. The van der Waals surface area contributed by atoms with Crippen LogP contribution in [0.4, 0.5) is 0 Å². The number of carbonyl (C=O) groups excluding carboxylic acids is 1. The molecule has 58 heavy (non-hydrogen) atoms. The van der Waals surface area contributed by atoms with Gasteiger partial charge in [0.25, 0.3) is 0 Å². The van der Waals surface area contributed by atoms with Crippen LogP contribution in [0.1, 0.15) is 5.56 Å². The van der Waals surface area contributed by atoms with E-state index < -0.39 is 103 Å². The van der Waals surface area contributed by atoms with Crippen LogP contribution in [0, 0.1) is 0 Å². The molecule has 10 atom stereocenters. The lowest BCUT2D eigenvalue weighted by Gasteiger charge is -2.39. The van der Waals surface area contributed by atoms with Crippen molar-refractivity contribution in [2.24, 2.45) is 0 Å². The molecule has 312 valence electrons. The zero-order chi connectivity index (χ0) is 42.0. The van der Waals surface area contributed by atoms with Crippen molar-refractivity contribution < 1.29 is 93.4 Å². The minimum atomic E-state index is -2.01. The molecule has 0 unspecified atom stereocenters. The Morgan fingerprint density at radius 1 is 0.759 bits per heavy atom. The molecule has 6 rings (SSSR count). The fourth-order valence-corrected chi connectivity index (χ4v) is 6.19. The van der Waals surface area contributed by atoms with Gasteiger partial charge in [-0.15, -0.1) is 0 Å². The van der Waals surface area contributed by atoms with Crippen LogP contribution in [0.3, 0.4) is 0 Å². The van der Waals surface area contributed by atoms with Gasteiger partial charge in [0.15, 0.2) is 17.3 Å². The molecule has 2 saturated heterocycles. The molecule has 1 aromatic heterocycles. The number of carbonyl (C=O) groups is 1. The molecule has 20 nitrogen and oxygen atoms in total. The highest BCUT2D eigenvalue weighted by Crippen LogP contribution is 2.39. The van der Waals surface area contributed by atoms with Gasteiger partial charge in [0.05, 0.1) is 20.8 Å². The smallest absolute Gasteiger partial charge is 0.330 e. The van der Waals surface area contributed by atoms with Crippen LogP contribution in [0.5, 0.6) is 40.2 Å². The van der Waals surface area contributed by atoms with E-state index in [0.717, 1.165) is 18.2 Å². The largest absolute Gasteiger partial charge is 0.508 e. The van der Waals surface area contributed by atoms with Crippen LogP contribution >= 0.6 is 0 Å². The molecule has 2 fully saturated rings. The van der Waals surface area contributed by atoms with Crippen LogP contribution in [-0.4, -0.2) is 146 Å². The van der Waals surface area contributed by atoms with Gasteiger partial charge in [0, 0.05) is 23.8 Å². The van der Waals surface area contributed by atoms with Gasteiger partial charge in [-0.3, -0.25) is 4.79 Å². The van der Waals surface area contributed by atoms with Gasteiger partial charge in [0.1, 0.15) is 83.7 Å². The summed E-state index contributed by atoms with van der Waals surface area (Å²) >= 11 is 0. The SMILES string of the molecule is COc1cc(/C=C/C(=O)OC[C@H]2O[C@@H](Oc3c(-c4ccc(O)cc4)oc4cc(O[C@@H]5O[C@H](CO)[C@@H](O)[C@H](O)[C@H]5O)cc(O)c4c3=O)[C@H](O)[C@@H](O)[C@@H]2O)cc(OC)c1O. The number of aromatic hydroxyl groups is 3. The number of fused-ring (bicyclic) bond motifs is 1. The maximum Gasteiger partial charge on any atom is 0.330 e. The van der Waals surface area contributed by atoms with Crippen molar-refractivity contribution in [3.63, 3.8) is 0 Å². The van der Waals surface area contributed by atoms with E-state index in [2.05, 4.69) is 0 Å². The number of aliphatic hydroxyl groups excluding tert-OH is 7. The predicted molar refractivity (Wildman–Crippen MR) is 194 cm³/mol. The molecule has 0 saturated carbocycles. The Kier molecular flexibility index (Phi) is 12.6. The Hall–Kier alpha value is -5.68. The van der Waals surface area contributed by atoms with Crippen LogP contribution in [0.15, 0.2) is 63.8 Å². The lowest BCUT2D eigenvalue weighted by atomic mass is 9.99. The molecule has 20 heteroatoms. The maximum atomic E-state index is 14.1. The number of ether oxygens (including phenoxy) is 7. The zero-order valence-electron chi connectivity index (χ0n) is 30.5. The normalized spacial score (nSPS) is 27.3. The lowest BCUT2D eigenvalue weighted by molar-refractivity contribution is -0.278. The summed E-state index contributed by atoms with van der Waals surface area (Å²) in [5.41, 5.74) is -0.888. The van der Waals surface area contributed by atoms with Crippen LogP contribution in [-0.2, 0) is 19.0 Å². The lowest BCUT2D eigenvalue weighted by Crippen LogP contribution is -2.60. The summed E-state index contributed by atoms with van der Waals surface area (Å²) in [5, 5.41) is 103. The Morgan fingerprint density at radius 3 is 1.95 bits per heavy atom. The Labute approximate surface area is 327 Å². The highest BCUT2D eigenvalue weighted by atomic mass is 16.7. The molecular formula is C38H40O20. The second-order valence-corrected chi connectivity index (χ2v) is 13.1. The monoisotopic (exact) mass is 816 g/mol. The van der Waals surface area contributed by atoms with Crippen molar-refractivity contribution in [3.05, 3.63) is 70.4 Å². The predicted octanol–water partition coefficient (Wildman–Crippen LogP) is -0.784. The van der Waals surface area contributed by atoms with E-state index in [9.17, 15) is 60.7 Å². The number of methoxy groups -OCH3 is 2. The van der Waals surface area contributed by atoms with Gasteiger partial charge in [-0.2, -0.15) is 0 Å². The van der Waals surface area contributed by atoms with E-state index in [1.165, 1.54) is 56.7 Å². The minimum Gasteiger partial charge on any atom is -0.508 e. The van der Waals surface area contributed by atoms with Crippen LogP contribution < -0.4 is 24.4 Å². The van der Waals surface area contributed by atoms with Gasteiger partial charge in [-0.05, 0) is 48.0 Å². The van der Waals surface area contributed by atoms with Crippen molar-refractivity contribution in [2.75, 3.05) is 27.4 Å². The first-order chi connectivity index (χ1) is 27.6. The Balaban J connectivity index is 1.27. The van der Waals surface area contributed by atoms with Crippen molar-refractivity contribution in [3.8, 4) is 51.6 Å². The Bertz CT molecular complexity index is 2160. The topological polar surface area (TPSA) is 314 Å². The molecule has 2 aliphatic rings. The zero-order valence-corrected chi connectivity index (χ0v) is 30.5. The number of aliphatic hydroxyl groups is 7. The second kappa shape index (κ2) is 17.4. The molecular weight excluding hydrogens is 776 g/mol. The summed E-state index contributed by atoms with van der Waals surface area (Å²) in [7, 11) is 2.64. The summed E-state index contributed by atoms with van der Waals surface area (Å²) < 4.78 is 43.9. The van der Waals surface area contributed by atoms with Crippen LogP contribution in [0.25, 0.3) is 28.4 Å². The molecule has 2 aliphatic heterocycles. The number of hydrogen-bond acceptors (Lipinski definition) is 20. The van der Waals surface area contributed by atoms with E-state index in [-0.39, 0.29) is 45.7 Å². The number of hydrogen-bond donors (Lipinski definition) is 10. The van der Waals surface area contributed by atoms with Crippen molar-refractivity contribution >= 4 is 23.0 Å². The standard InChI is InChI=1S/C38H40O20/c1-51-21-9-15(10-22(52-2)27(21)43)3-8-25(42)53-14-24-29(45)32(48)34(50)38(57-24)58-36-30(46)26-19(41)11-18(54-37-33(49)31(47)28(44)23(13-39)56-37)12-20(26)55-35(36)16-4-6-17(40)7-5-16/h3-12,23-24,28-29,31-34,37-41,43-45,47-50H,13-14H2,1-2H3/b8-3+/t23-,24-,28-,29-,31+,32+,33-,34-,37-,38+/m1/s1. The van der Waals surface area contributed by atoms with Crippen molar-refractivity contribution in [2.45, 2.75) is 61.4 Å². The number of phenolic OH excluding ortho intramolecular Hbond substituents is 3. The highest BCUT2D eigenvalue weighted by molar-refractivity contribution is 5.89. The number of esters is 1. The van der Waals surface area contributed by atoms with Crippen molar-refractivity contribution in [1.82, 2.24) is 0 Å².